The van der Waals surface area contributed by atoms with Crippen molar-refractivity contribution in [3.8, 4) is 5.75 Å². The minimum Gasteiger partial charge on any atom is -0.496 e. The van der Waals surface area contributed by atoms with Crippen molar-refractivity contribution in [1.29, 1.82) is 0 Å². The first kappa shape index (κ1) is 16.0. The van der Waals surface area contributed by atoms with Gasteiger partial charge in [-0.3, -0.25) is 4.79 Å². The molecule has 0 aliphatic carbocycles. The third-order valence-electron chi connectivity index (χ3n) is 3.19. The summed E-state index contributed by atoms with van der Waals surface area (Å²) in [6.45, 7) is 3.75. The van der Waals surface area contributed by atoms with Crippen LogP contribution < -0.4 is 10.2 Å². The molecule has 0 fully saturated rings. The van der Waals surface area contributed by atoms with Crippen molar-refractivity contribution in [3.63, 3.8) is 0 Å². The zero-order valence-corrected chi connectivity index (χ0v) is 13.4. The van der Waals surface area contributed by atoms with Gasteiger partial charge in [0.2, 0.25) is 0 Å². The Hall–Kier alpha value is -2.33. The van der Waals surface area contributed by atoms with E-state index in [0.29, 0.717) is 22.0 Å². The molecule has 0 aromatic heterocycles. The highest BCUT2D eigenvalue weighted by Gasteiger charge is 2.09. The van der Waals surface area contributed by atoms with E-state index in [9.17, 15) is 4.79 Å². The van der Waals surface area contributed by atoms with Crippen LogP contribution in [0.15, 0.2) is 47.6 Å². The van der Waals surface area contributed by atoms with Gasteiger partial charge in [0, 0.05) is 16.1 Å². The summed E-state index contributed by atoms with van der Waals surface area (Å²) in [5.41, 5.74) is 5.54. The summed E-state index contributed by atoms with van der Waals surface area (Å²) in [5, 5.41) is 4.70. The van der Waals surface area contributed by atoms with Gasteiger partial charge in [0.15, 0.2) is 0 Å². The van der Waals surface area contributed by atoms with Crippen LogP contribution in [0, 0.1) is 6.92 Å². The van der Waals surface area contributed by atoms with Crippen LogP contribution in [-0.4, -0.2) is 18.7 Å². The number of carbonyl (C=O) groups excluding carboxylic acids is 1. The topological polar surface area (TPSA) is 50.7 Å². The molecule has 1 amide bonds. The van der Waals surface area contributed by atoms with E-state index in [4.69, 9.17) is 16.3 Å². The minimum atomic E-state index is -0.264. The van der Waals surface area contributed by atoms with Gasteiger partial charge in [-0.2, -0.15) is 5.10 Å². The highest BCUT2D eigenvalue weighted by molar-refractivity contribution is 6.31. The van der Waals surface area contributed by atoms with Crippen molar-refractivity contribution in [3.05, 3.63) is 64.2 Å². The van der Waals surface area contributed by atoms with Gasteiger partial charge in [0.1, 0.15) is 5.75 Å². The van der Waals surface area contributed by atoms with Crippen molar-refractivity contribution < 1.29 is 9.53 Å². The minimum absolute atomic E-state index is 0.264. The molecule has 0 aliphatic rings. The van der Waals surface area contributed by atoms with Gasteiger partial charge >= 0.3 is 0 Å². The smallest absolute Gasteiger partial charge is 0.271 e. The number of hydrazone groups is 1. The molecular formula is C17H17ClN2O2. The molecule has 22 heavy (non-hydrogen) atoms. The Morgan fingerprint density at radius 3 is 2.50 bits per heavy atom. The summed E-state index contributed by atoms with van der Waals surface area (Å²) in [4.78, 5) is 12.0. The lowest BCUT2D eigenvalue weighted by atomic mass is 10.1. The maximum atomic E-state index is 12.0. The Labute approximate surface area is 134 Å². The zero-order chi connectivity index (χ0) is 16.1. The number of hydrogen-bond acceptors (Lipinski definition) is 3. The fraction of sp³-hybridized carbons (Fsp3) is 0.176. The molecule has 0 heterocycles. The zero-order valence-electron chi connectivity index (χ0n) is 12.7. The predicted molar refractivity (Wildman–Crippen MR) is 88.9 cm³/mol. The maximum Gasteiger partial charge on any atom is 0.271 e. The Morgan fingerprint density at radius 1 is 1.18 bits per heavy atom. The number of halogens is 1. The Balaban J connectivity index is 2.17. The second-order valence-electron chi connectivity index (χ2n) is 4.85. The average Bonchev–Trinajstić information content (AvgIpc) is 2.53. The maximum absolute atomic E-state index is 12.0. The number of methoxy groups -OCH3 is 1. The van der Waals surface area contributed by atoms with Crippen LogP contribution in [0.5, 0.6) is 5.75 Å². The van der Waals surface area contributed by atoms with E-state index in [1.54, 1.807) is 44.4 Å². The summed E-state index contributed by atoms with van der Waals surface area (Å²) in [6, 6.07) is 12.5. The lowest BCUT2D eigenvalue weighted by Gasteiger charge is -2.09. The van der Waals surface area contributed by atoms with E-state index in [1.807, 2.05) is 19.1 Å². The fourth-order valence-corrected chi connectivity index (χ4v) is 2.10. The normalized spacial score (nSPS) is 11.2. The first-order valence-corrected chi connectivity index (χ1v) is 7.14. The standard InChI is InChI=1S/C17H17ClN2O2/c1-11-4-6-13(7-5-11)17(21)20-19-12(2)15-10-14(18)8-9-16(15)22-3/h4-10H,1-3H3,(H,20,21)/b19-12-. The van der Waals surface area contributed by atoms with Crippen molar-refractivity contribution >= 4 is 23.2 Å². The molecule has 114 valence electrons. The Kier molecular flexibility index (Phi) is 5.17. The quantitative estimate of drug-likeness (QED) is 0.689. The van der Waals surface area contributed by atoms with Gasteiger partial charge in [-0.15, -0.1) is 0 Å². The van der Waals surface area contributed by atoms with E-state index in [1.165, 1.54) is 0 Å². The SMILES string of the molecule is COc1ccc(Cl)cc1/C(C)=N\NC(=O)c1ccc(C)cc1. The average molecular weight is 317 g/mol. The molecular weight excluding hydrogens is 300 g/mol. The van der Waals surface area contributed by atoms with Crippen LogP contribution in [0.2, 0.25) is 5.02 Å². The molecule has 2 rings (SSSR count). The number of carbonyl (C=O) groups is 1. The summed E-state index contributed by atoms with van der Waals surface area (Å²) in [6.07, 6.45) is 0. The number of nitrogens with one attached hydrogen (secondary N) is 1. The molecule has 0 unspecified atom stereocenters. The molecule has 2 aromatic carbocycles. The summed E-state index contributed by atoms with van der Waals surface area (Å²) in [7, 11) is 1.57. The lowest BCUT2D eigenvalue weighted by Crippen LogP contribution is -2.19. The lowest BCUT2D eigenvalue weighted by molar-refractivity contribution is 0.0955. The van der Waals surface area contributed by atoms with E-state index < -0.39 is 0 Å². The predicted octanol–water partition coefficient (Wildman–Crippen LogP) is 3.81. The molecule has 0 bridgehead atoms. The van der Waals surface area contributed by atoms with E-state index in [2.05, 4.69) is 10.5 Å². The number of aryl methyl sites for hydroxylation is 1. The third-order valence-corrected chi connectivity index (χ3v) is 3.43. The first-order chi connectivity index (χ1) is 10.5. The molecule has 0 saturated heterocycles. The third kappa shape index (κ3) is 3.86. The molecule has 5 heteroatoms. The van der Waals surface area contributed by atoms with Crippen molar-refractivity contribution in [2.75, 3.05) is 7.11 Å². The van der Waals surface area contributed by atoms with Gasteiger partial charge in [-0.05, 0) is 44.2 Å². The van der Waals surface area contributed by atoms with Crippen LogP contribution in [0.4, 0.5) is 0 Å². The first-order valence-electron chi connectivity index (χ1n) is 6.76. The highest BCUT2D eigenvalue weighted by Crippen LogP contribution is 2.23. The van der Waals surface area contributed by atoms with E-state index in [-0.39, 0.29) is 5.91 Å². The van der Waals surface area contributed by atoms with Crippen LogP contribution in [-0.2, 0) is 0 Å². The van der Waals surface area contributed by atoms with E-state index in [0.717, 1.165) is 11.1 Å². The molecule has 0 atom stereocenters. The van der Waals surface area contributed by atoms with Crippen molar-refractivity contribution in [1.82, 2.24) is 5.43 Å². The fourth-order valence-electron chi connectivity index (χ4n) is 1.93. The molecule has 4 nitrogen and oxygen atoms in total. The molecule has 0 aliphatic heterocycles. The van der Waals surface area contributed by atoms with Gasteiger partial charge < -0.3 is 4.74 Å². The van der Waals surface area contributed by atoms with Crippen LogP contribution in [0.25, 0.3) is 0 Å². The number of hydrogen-bond donors (Lipinski definition) is 1. The van der Waals surface area contributed by atoms with Crippen LogP contribution in [0.1, 0.15) is 28.4 Å². The van der Waals surface area contributed by atoms with E-state index >= 15 is 0 Å². The monoisotopic (exact) mass is 316 g/mol. The summed E-state index contributed by atoms with van der Waals surface area (Å²) in [5.74, 6) is 0.385. The number of amides is 1. The van der Waals surface area contributed by atoms with Crippen molar-refractivity contribution in [2.24, 2.45) is 5.10 Å². The Bertz CT molecular complexity index is 709. The van der Waals surface area contributed by atoms with Crippen molar-refractivity contribution in [2.45, 2.75) is 13.8 Å². The van der Waals surface area contributed by atoms with Crippen LogP contribution >= 0.6 is 11.6 Å². The molecule has 1 N–H and O–H groups in total. The van der Waals surface area contributed by atoms with Gasteiger partial charge in [-0.25, -0.2) is 5.43 Å². The number of nitrogens with zero attached hydrogens (tertiary/aromatic N) is 1. The second kappa shape index (κ2) is 7.09. The van der Waals surface area contributed by atoms with Gasteiger partial charge in [-0.1, -0.05) is 29.3 Å². The number of ether oxygens (including phenoxy) is 1. The molecule has 0 spiro atoms. The largest absolute Gasteiger partial charge is 0.496 e. The van der Waals surface area contributed by atoms with Gasteiger partial charge in [0.25, 0.3) is 5.91 Å². The molecule has 0 saturated carbocycles. The Morgan fingerprint density at radius 2 is 1.86 bits per heavy atom. The van der Waals surface area contributed by atoms with Gasteiger partial charge in [0.05, 0.1) is 12.8 Å². The highest BCUT2D eigenvalue weighted by atomic mass is 35.5. The molecule has 0 radical (unpaired) electrons. The number of benzene rings is 2. The summed E-state index contributed by atoms with van der Waals surface area (Å²) >= 11 is 5.99. The second-order valence-corrected chi connectivity index (χ2v) is 5.29. The summed E-state index contributed by atoms with van der Waals surface area (Å²) < 4.78 is 5.27. The van der Waals surface area contributed by atoms with Crippen LogP contribution in [0.3, 0.4) is 0 Å². The number of rotatable bonds is 4. The molecule has 2 aromatic rings.